The van der Waals surface area contributed by atoms with Crippen LogP contribution >= 0.6 is 23.1 Å². The first-order chi connectivity index (χ1) is 9.27. The zero-order valence-electron chi connectivity index (χ0n) is 11.6. The van der Waals surface area contributed by atoms with Crippen LogP contribution in [0.15, 0.2) is 5.38 Å². The summed E-state index contributed by atoms with van der Waals surface area (Å²) in [6.07, 6.45) is 7.11. The zero-order chi connectivity index (χ0) is 13.9. The fourth-order valence-corrected chi connectivity index (χ4v) is 2.78. The van der Waals surface area contributed by atoms with E-state index < -0.39 is 0 Å². The molecule has 0 amide bonds. The van der Waals surface area contributed by atoms with Gasteiger partial charge in [0.25, 0.3) is 0 Å². The maximum absolute atomic E-state index is 11.4. The topological polar surface area (TPSA) is 51.2 Å². The number of ether oxygens (including phenoxy) is 1. The number of nitrogens with one attached hydrogen (secondary N) is 1. The second-order valence-corrected chi connectivity index (χ2v) is 5.94. The Labute approximate surface area is 123 Å². The van der Waals surface area contributed by atoms with E-state index >= 15 is 0 Å². The van der Waals surface area contributed by atoms with E-state index in [9.17, 15) is 4.79 Å². The summed E-state index contributed by atoms with van der Waals surface area (Å²) in [6.45, 7) is 3.09. The van der Waals surface area contributed by atoms with Gasteiger partial charge in [-0.15, -0.1) is 11.3 Å². The fourth-order valence-electron chi connectivity index (χ4n) is 1.57. The lowest BCUT2D eigenvalue weighted by Crippen LogP contribution is -2.06. The standard InChI is InChI=1S/C13H22N2O2S2/c1-3-17-12(16)11-10-19-13(15-11)14-8-6-4-5-7-9-18-2/h10H,3-9H2,1-2H3,(H,14,15). The third-order valence-electron chi connectivity index (χ3n) is 2.54. The van der Waals surface area contributed by atoms with Gasteiger partial charge in [0.2, 0.25) is 0 Å². The van der Waals surface area contributed by atoms with E-state index in [0.29, 0.717) is 12.3 Å². The predicted octanol–water partition coefficient (Wildman–Crippen LogP) is 3.66. The maximum Gasteiger partial charge on any atom is 0.357 e. The van der Waals surface area contributed by atoms with Crippen LogP contribution in [0.2, 0.25) is 0 Å². The molecule has 4 nitrogen and oxygen atoms in total. The number of unbranched alkanes of at least 4 members (excludes halogenated alkanes) is 3. The Morgan fingerprint density at radius 2 is 2.21 bits per heavy atom. The first kappa shape index (κ1) is 16.3. The predicted molar refractivity (Wildman–Crippen MR) is 83.4 cm³/mol. The molecule has 1 aromatic rings. The molecule has 0 radical (unpaired) electrons. The molecular formula is C13H22N2O2S2. The average Bonchev–Trinajstić information content (AvgIpc) is 2.87. The third-order valence-corrected chi connectivity index (χ3v) is 4.04. The second-order valence-electron chi connectivity index (χ2n) is 4.09. The highest BCUT2D eigenvalue weighted by atomic mass is 32.2. The molecule has 19 heavy (non-hydrogen) atoms. The van der Waals surface area contributed by atoms with Crippen molar-refractivity contribution in [3.05, 3.63) is 11.1 Å². The van der Waals surface area contributed by atoms with Crippen molar-refractivity contribution in [2.45, 2.75) is 32.6 Å². The number of carbonyl (C=O) groups excluding carboxylic acids is 1. The lowest BCUT2D eigenvalue weighted by atomic mass is 10.2. The van der Waals surface area contributed by atoms with Crippen LogP contribution in [0, 0.1) is 0 Å². The molecule has 0 saturated carbocycles. The number of thiazole rings is 1. The first-order valence-corrected chi connectivity index (χ1v) is 8.90. The van der Waals surface area contributed by atoms with E-state index in [1.165, 1.54) is 36.4 Å². The van der Waals surface area contributed by atoms with E-state index in [0.717, 1.165) is 18.1 Å². The molecule has 0 unspecified atom stereocenters. The minimum absolute atomic E-state index is 0.344. The molecule has 0 spiro atoms. The number of carbonyl (C=O) groups is 1. The minimum Gasteiger partial charge on any atom is -0.461 e. The smallest absolute Gasteiger partial charge is 0.357 e. The summed E-state index contributed by atoms with van der Waals surface area (Å²) in [4.78, 5) is 15.6. The lowest BCUT2D eigenvalue weighted by Gasteiger charge is -2.02. The van der Waals surface area contributed by atoms with Crippen molar-refractivity contribution in [1.82, 2.24) is 4.98 Å². The van der Waals surface area contributed by atoms with Gasteiger partial charge >= 0.3 is 5.97 Å². The van der Waals surface area contributed by atoms with Crippen LogP contribution in [0.4, 0.5) is 5.13 Å². The van der Waals surface area contributed by atoms with Gasteiger partial charge in [0.15, 0.2) is 10.8 Å². The van der Waals surface area contributed by atoms with Crippen LogP contribution in [-0.4, -0.2) is 36.1 Å². The van der Waals surface area contributed by atoms with Gasteiger partial charge in [-0.05, 0) is 31.8 Å². The molecule has 108 valence electrons. The number of thioether (sulfide) groups is 1. The molecule has 0 aliphatic carbocycles. The van der Waals surface area contributed by atoms with Gasteiger partial charge < -0.3 is 10.1 Å². The van der Waals surface area contributed by atoms with Crippen molar-refractivity contribution in [2.24, 2.45) is 0 Å². The van der Waals surface area contributed by atoms with Gasteiger partial charge in [-0.1, -0.05) is 12.8 Å². The van der Waals surface area contributed by atoms with Crippen molar-refractivity contribution in [2.75, 3.05) is 30.5 Å². The number of esters is 1. The Kier molecular flexibility index (Phi) is 8.66. The van der Waals surface area contributed by atoms with E-state index in [4.69, 9.17) is 4.74 Å². The Bertz CT molecular complexity index is 369. The summed E-state index contributed by atoms with van der Waals surface area (Å²) < 4.78 is 4.90. The first-order valence-electron chi connectivity index (χ1n) is 6.63. The van der Waals surface area contributed by atoms with Gasteiger partial charge in [0, 0.05) is 11.9 Å². The fraction of sp³-hybridized carbons (Fsp3) is 0.692. The maximum atomic E-state index is 11.4. The number of hydrogen-bond acceptors (Lipinski definition) is 6. The van der Waals surface area contributed by atoms with Crippen molar-refractivity contribution < 1.29 is 9.53 Å². The summed E-state index contributed by atoms with van der Waals surface area (Å²) in [5, 5.41) is 5.78. The molecule has 1 N–H and O–H groups in total. The van der Waals surface area contributed by atoms with E-state index in [1.54, 1.807) is 12.3 Å². The number of anilines is 1. The molecular weight excluding hydrogens is 280 g/mol. The molecule has 1 heterocycles. The van der Waals surface area contributed by atoms with Crippen LogP contribution in [0.25, 0.3) is 0 Å². The monoisotopic (exact) mass is 302 g/mol. The molecule has 0 bridgehead atoms. The average molecular weight is 302 g/mol. The van der Waals surface area contributed by atoms with E-state index in [-0.39, 0.29) is 5.97 Å². The summed E-state index contributed by atoms with van der Waals surface area (Å²) in [7, 11) is 0. The highest BCUT2D eigenvalue weighted by Gasteiger charge is 2.10. The van der Waals surface area contributed by atoms with Crippen LogP contribution in [0.5, 0.6) is 0 Å². The number of rotatable bonds is 10. The van der Waals surface area contributed by atoms with Crippen LogP contribution in [0.1, 0.15) is 43.1 Å². The van der Waals surface area contributed by atoms with Crippen molar-refractivity contribution >= 4 is 34.2 Å². The van der Waals surface area contributed by atoms with Crippen LogP contribution < -0.4 is 5.32 Å². The molecule has 0 aromatic carbocycles. The number of aromatic nitrogens is 1. The Balaban J connectivity index is 2.14. The normalized spacial score (nSPS) is 10.4. The second kappa shape index (κ2) is 10.1. The highest BCUT2D eigenvalue weighted by Crippen LogP contribution is 2.16. The molecule has 0 aliphatic rings. The van der Waals surface area contributed by atoms with Gasteiger partial charge in [-0.25, -0.2) is 9.78 Å². The quantitative estimate of drug-likeness (QED) is 0.528. The Morgan fingerprint density at radius 3 is 2.95 bits per heavy atom. The van der Waals surface area contributed by atoms with Gasteiger partial charge in [-0.3, -0.25) is 0 Å². The van der Waals surface area contributed by atoms with Crippen LogP contribution in [0.3, 0.4) is 0 Å². The summed E-state index contributed by atoms with van der Waals surface area (Å²) >= 11 is 3.35. The zero-order valence-corrected chi connectivity index (χ0v) is 13.2. The molecule has 0 aliphatic heterocycles. The van der Waals surface area contributed by atoms with E-state index in [1.807, 2.05) is 11.8 Å². The van der Waals surface area contributed by atoms with Gasteiger partial charge in [0.05, 0.1) is 6.61 Å². The van der Waals surface area contributed by atoms with Crippen molar-refractivity contribution in [3.63, 3.8) is 0 Å². The molecule has 0 saturated heterocycles. The number of nitrogens with zero attached hydrogens (tertiary/aromatic N) is 1. The molecule has 0 fully saturated rings. The van der Waals surface area contributed by atoms with Crippen LogP contribution in [-0.2, 0) is 4.74 Å². The molecule has 6 heteroatoms. The lowest BCUT2D eigenvalue weighted by molar-refractivity contribution is 0.0520. The molecule has 1 rings (SSSR count). The number of hydrogen-bond donors (Lipinski definition) is 1. The minimum atomic E-state index is -0.344. The molecule has 1 aromatic heterocycles. The Hall–Kier alpha value is -0.750. The van der Waals surface area contributed by atoms with Gasteiger partial charge in [0.1, 0.15) is 0 Å². The Morgan fingerprint density at radius 1 is 1.42 bits per heavy atom. The van der Waals surface area contributed by atoms with E-state index in [2.05, 4.69) is 16.6 Å². The largest absolute Gasteiger partial charge is 0.461 e. The summed E-state index contributed by atoms with van der Waals surface area (Å²) in [5.41, 5.74) is 0.398. The molecule has 0 atom stereocenters. The summed E-state index contributed by atoms with van der Waals surface area (Å²) in [5.74, 6) is 0.909. The summed E-state index contributed by atoms with van der Waals surface area (Å²) in [6, 6.07) is 0. The third kappa shape index (κ3) is 6.82. The van der Waals surface area contributed by atoms with Gasteiger partial charge in [-0.2, -0.15) is 11.8 Å². The van der Waals surface area contributed by atoms with Crippen molar-refractivity contribution in [1.29, 1.82) is 0 Å². The highest BCUT2D eigenvalue weighted by molar-refractivity contribution is 7.98. The SMILES string of the molecule is CCOC(=O)c1csc(NCCCCCCSC)n1. The van der Waals surface area contributed by atoms with Crippen molar-refractivity contribution in [3.8, 4) is 0 Å².